The Labute approximate surface area is 179 Å². The largest absolute Gasteiger partial charge is 0.391 e. The second-order valence-corrected chi connectivity index (χ2v) is 10.3. The first-order valence-electron chi connectivity index (χ1n) is 10.6. The van der Waals surface area contributed by atoms with Gasteiger partial charge in [-0.2, -0.15) is 0 Å². The molecule has 9 heteroatoms. The van der Waals surface area contributed by atoms with E-state index in [1.165, 1.54) is 11.9 Å². The zero-order valence-electron chi connectivity index (χ0n) is 19.6. The van der Waals surface area contributed by atoms with Crippen LogP contribution in [0.15, 0.2) is 6.20 Å². The standard InChI is InChI=1S/C21H38N6O3/c1-20(2,3)17(19(30)26-13-15(28)11-16(26)18(29)22-7)27-12-14(23-24-27)9-10-25(8)21(4,5)6/h12,15-17,28H,9-11,13H2,1-8H3,(H,22,29)/t15-,16+,17-/m1/s1. The fourth-order valence-electron chi connectivity index (χ4n) is 3.68. The number of aromatic nitrogens is 3. The van der Waals surface area contributed by atoms with Crippen molar-refractivity contribution in [2.75, 3.05) is 27.2 Å². The van der Waals surface area contributed by atoms with Gasteiger partial charge in [0, 0.05) is 44.7 Å². The lowest BCUT2D eigenvalue weighted by Gasteiger charge is -2.34. The van der Waals surface area contributed by atoms with Gasteiger partial charge in [0.1, 0.15) is 12.1 Å². The molecule has 9 nitrogen and oxygen atoms in total. The number of likely N-dealkylation sites (tertiary alicyclic amines) is 1. The predicted octanol–water partition coefficient (Wildman–Crippen LogP) is 0.846. The van der Waals surface area contributed by atoms with E-state index >= 15 is 0 Å². The van der Waals surface area contributed by atoms with Crippen LogP contribution in [0.1, 0.15) is 59.7 Å². The SMILES string of the molecule is CNC(=O)[C@@H]1C[C@@H](O)CN1C(=O)[C@@H](n1cc(CCN(C)C(C)(C)C)nn1)C(C)(C)C. The van der Waals surface area contributed by atoms with Crippen LogP contribution in [-0.4, -0.2) is 86.6 Å². The molecule has 1 aromatic rings. The number of likely N-dealkylation sites (N-methyl/N-ethyl adjacent to an activating group) is 2. The first kappa shape index (κ1) is 24.3. The van der Waals surface area contributed by atoms with Gasteiger partial charge in [-0.25, -0.2) is 4.68 Å². The summed E-state index contributed by atoms with van der Waals surface area (Å²) in [5.74, 6) is -0.493. The minimum Gasteiger partial charge on any atom is -0.391 e. The van der Waals surface area contributed by atoms with Crippen molar-refractivity contribution >= 4 is 11.8 Å². The number of hydrogen-bond acceptors (Lipinski definition) is 6. The summed E-state index contributed by atoms with van der Waals surface area (Å²) in [5.41, 5.74) is 0.425. The average molecular weight is 423 g/mol. The third kappa shape index (κ3) is 5.57. The predicted molar refractivity (Wildman–Crippen MR) is 115 cm³/mol. The number of nitrogens with zero attached hydrogens (tertiary/aromatic N) is 5. The van der Waals surface area contributed by atoms with E-state index in [4.69, 9.17) is 0 Å². The molecule has 0 radical (unpaired) electrons. The maximum atomic E-state index is 13.5. The van der Waals surface area contributed by atoms with E-state index < -0.39 is 23.6 Å². The van der Waals surface area contributed by atoms with Crippen molar-refractivity contribution in [1.82, 2.24) is 30.1 Å². The molecule has 0 unspecified atom stereocenters. The number of carbonyl (C=O) groups excluding carboxylic acids is 2. The Morgan fingerprint density at radius 1 is 1.30 bits per heavy atom. The van der Waals surface area contributed by atoms with Crippen LogP contribution in [0.2, 0.25) is 0 Å². The Morgan fingerprint density at radius 2 is 1.93 bits per heavy atom. The average Bonchev–Trinajstić information content (AvgIpc) is 3.23. The smallest absolute Gasteiger partial charge is 0.248 e. The van der Waals surface area contributed by atoms with Gasteiger partial charge in [0.2, 0.25) is 11.8 Å². The lowest BCUT2D eigenvalue weighted by molar-refractivity contribution is -0.144. The normalized spacial score (nSPS) is 21.2. The van der Waals surface area contributed by atoms with Crippen LogP contribution in [0.25, 0.3) is 0 Å². The third-order valence-electron chi connectivity index (χ3n) is 5.84. The monoisotopic (exact) mass is 422 g/mol. The van der Waals surface area contributed by atoms with E-state index in [-0.39, 0.29) is 30.3 Å². The molecule has 0 spiro atoms. The number of nitrogens with one attached hydrogen (secondary N) is 1. The minimum atomic E-state index is -0.712. The maximum absolute atomic E-state index is 13.5. The molecule has 2 N–H and O–H groups in total. The Kier molecular flexibility index (Phi) is 7.29. The summed E-state index contributed by atoms with van der Waals surface area (Å²) in [7, 11) is 3.61. The summed E-state index contributed by atoms with van der Waals surface area (Å²) in [4.78, 5) is 29.5. The zero-order chi connectivity index (χ0) is 22.9. The number of rotatable bonds is 6. The molecule has 1 aliphatic rings. The highest BCUT2D eigenvalue weighted by molar-refractivity contribution is 5.90. The molecular formula is C21H38N6O3. The third-order valence-corrected chi connectivity index (χ3v) is 5.84. The maximum Gasteiger partial charge on any atom is 0.248 e. The molecule has 1 fully saturated rings. The molecule has 1 saturated heterocycles. The first-order chi connectivity index (χ1) is 13.8. The summed E-state index contributed by atoms with van der Waals surface area (Å²) in [5, 5.41) is 21.2. The highest BCUT2D eigenvalue weighted by Crippen LogP contribution is 2.34. The van der Waals surface area contributed by atoms with Crippen LogP contribution < -0.4 is 5.32 Å². The highest BCUT2D eigenvalue weighted by Gasteiger charge is 2.45. The summed E-state index contributed by atoms with van der Waals surface area (Å²) < 4.78 is 1.61. The number of carbonyl (C=O) groups is 2. The Bertz CT molecular complexity index is 749. The molecule has 3 atom stereocenters. The van der Waals surface area contributed by atoms with Gasteiger partial charge in [0.25, 0.3) is 0 Å². The lowest BCUT2D eigenvalue weighted by Crippen LogP contribution is -2.49. The molecule has 2 amide bonds. The molecular weight excluding hydrogens is 384 g/mol. The quantitative estimate of drug-likeness (QED) is 0.704. The van der Waals surface area contributed by atoms with E-state index in [0.29, 0.717) is 0 Å². The van der Waals surface area contributed by atoms with Crippen LogP contribution in [0.3, 0.4) is 0 Å². The first-order valence-corrected chi connectivity index (χ1v) is 10.6. The number of aliphatic hydroxyl groups is 1. The fraction of sp³-hybridized carbons (Fsp3) is 0.810. The highest BCUT2D eigenvalue weighted by atomic mass is 16.3. The Morgan fingerprint density at radius 3 is 2.47 bits per heavy atom. The fourth-order valence-corrected chi connectivity index (χ4v) is 3.68. The van der Waals surface area contributed by atoms with Crippen LogP contribution in [0, 0.1) is 5.41 Å². The van der Waals surface area contributed by atoms with Crippen molar-refractivity contribution in [2.24, 2.45) is 5.41 Å². The van der Waals surface area contributed by atoms with E-state index in [2.05, 4.69) is 48.3 Å². The minimum absolute atomic E-state index is 0.0609. The topological polar surface area (TPSA) is 104 Å². The van der Waals surface area contributed by atoms with Gasteiger partial charge in [0.05, 0.1) is 11.8 Å². The second-order valence-electron chi connectivity index (χ2n) is 10.3. The van der Waals surface area contributed by atoms with Crippen molar-refractivity contribution in [2.45, 2.75) is 78.1 Å². The number of aliphatic hydroxyl groups excluding tert-OH is 1. The van der Waals surface area contributed by atoms with Crippen molar-refractivity contribution in [1.29, 1.82) is 0 Å². The summed E-state index contributed by atoms with van der Waals surface area (Å²) in [6.07, 6.45) is 2.08. The molecule has 170 valence electrons. The van der Waals surface area contributed by atoms with Gasteiger partial charge in [0.15, 0.2) is 0 Å². The molecule has 1 aliphatic heterocycles. The van der Waals surface area contributed by atoms with Gasteiger partial charge in [-0.15, -0.1) is 5.10 Å². The van der Waals surface area contributed by atoms with Crippen LogP contribution in [0.5, 0.6) is 0 Å². The number of β-amino-alcohol motifs (C(OH)–C–C–N with tert-alkyl or cyclic N) is 1. The molecule has 0 aromatic carbocycles. The van der Waals surface area contributed by atoms with Crippen LogP contribution >= 0.6 is 0 Å². The number of amides is 2. The molecule has 30 heavy (non-hydrogen) atoms. The molecule has 0 bridgehead atoms. The van der Waals surface area contributed by atoms with Crippen molar-refractivity contribution in [3.05, 3.63) is 11.9 Å². The van der Waals surface area contributed by atoms with E-state index in [0.717, 1.165) is 18.7 Å². The zero-order valence-corrected chi connectivity index (χ0v) is 19.6. The van der Waals surface area contributed by atoms with Gasteiger partial charge in [-0.1, -0.05) is 26.0 Å². The van der Waals surface area contributed by atoms with Gasteiger partial charge in [-0.3, -0.25) is 9.59 Å². The van der Waals surface area contributed by atoms with Gasteiger partial charge < -0.3 is 20.2 Å². The second kappa shape index (κ2) is 9.01. The molecule has 2 rings (SSSR count). The van der Waals surface area contributed by atoms with Crippen molar-refractivity contribution < 1.29 is 14.7 Å². The van der Waals surface area contributed by atoms with E-state index in [1.807, 2.05) is 27.0 Å². The molecule has 2 heterocycles. The summed E-state index contributed by atoms with van der Waals surface area (Å²) in [6, 6.07) is -1.30. The molecule has 1 aromatic heterocycles. The number of hydrogen-bond donors (Lipinski definition) is 2. The Hall–Kier alpha value is -2.00. The van der Waals surface area contributed by atoms with E-state index in [1.54, 1.807) is 4.68 Å². The van der Waals surface area contributed by atoms with Crippen LogP contribution in [0.4, 0.5) is 0 Å². The summed E-state index contributed by atoms with van der Waals surface area (Å²) in [6.45, 7) is 13.3. The Balaban J connectivity index is 2.24. The van der Waals surface area contributed by atoms with Gasteiger partial charge in [-0.05, 0) is 33.2 Å². The summed E-state index contributed by atoms with van der Waals surface area (Å²) >= 11 is 0. The van der Waals surface area contributed by atoms with E-state index in [9.17, 15) is 14.7 Å². The molecule has 0 saturated carbocycles. The molecule has 0 aliphatic carbocycles. The lowest BCUT2D eigenvalue weighted by atomic mass is 9.85. The van der Waals surface area contributed by atoms with Gasteiger partial charge >= 0.3 is 0 Å². The van der Waals surface area contributed by atoms with Crippen molar-refractivity contribution in [3.63, 3.8) is 0 Å². The van der Waals surface area contributed by atoms with Crippen molar-refractivity contribution in [3.8, 4) is 0 Å². The van der Waals surface area contributed by atoms with Crippen LogP contribution in [-0.2, 0) is 16.0 Å².